The molecule has 2 nitrogen and oxygen atoms in total. The number of hydrogen-bond acceptors (Lipinski definition) is 2. The predicted molar refractivity (Wildman–Crippen MR) is 76.2 cm³/mol. The molecule has 102 valence electrons. The van der Waals surface area contributed by atoms with Crippen LogP contribution in [-0.4, -0.2) is 19.4 Å². The highest BCUT2D eigenvalue weighted by molar-refractivity contribution is 4.83. The number of rotatable bonds is 11. The van der Waals surface area contributed by atoms with E-state index < -0.39 is 0 Å². The van der Waals surface area contributed by atoms with Crippen molar-refractivity contribution in [3.63, 3.8) is 0 Å². The summed E-state index contributed by atoms with van der Waals surface area (Å²) in [5.74, 6) is 0. The van der Waals surface area contributed by atoms with E-state index >= 15 is 0 Å². The highest BCUT2D eigenvalue weighted by atomic mass is 16.5. The first-order valence-electron chi connectivity index (χ1n) is 7.01. The molecule has 0 heterocycles. The molecule has 0 aromatic heterocycles. The van der Waals surface area contributed by atoms with Crippen molar-refractivity contribution in [1.29, 1.82) is 0 Å². The van der Waals surface area contributed by atoms with Gasteiger partial charge in [0.15, 0.2) is 0 Å². The second kappa shape index (κ2) is 10.8. The summed E-state index contributed by atoms with van der Waals surface area (Å²) in [4.78, 5) is 0. The number of methoxy groups -OCH3 is 1. The van der Waals surface area contributed by atoms with Gasteiger partial charge in [0.25, 0.3) is 0 Å². The zero-order valence-corrected chi connectivity index (χ0v) is 12.2. The first kappa shape index (κ1) is 16.7. The summed E-state index contributed by atoms with van der Waals surface area (Å²) in [5.41, 5.74) is 0.187. The van der Waals surface area contributed by atoms with Crippen LogP contribution in [0.1, 0.15) is 65.7 Å². The maximum atomic E-state index is 5.03. The van der Waals surface area contributed by atoms with Crippen molar-refractivity contribution in [2.45, 2.75) is 71.3 Å². The molecule has 0 aromatic carbocycles. The normalized spacial score (nSPS) is 12.5. The van der Waals surface area contributed by atoms with E-state index in [2.05, 4.69) is 38.2 Å². The smallest absolute Gasteiger partial charge is 0.0965 e. The van der Waals surface area contributed by atoms with E-state index in [-0.39, 0.29) is 5.54 Å². The van der Waals surface area contributed by atoms with Gasteiger partial charge in [-0.05, 0) is 46.0 Å². The van der Waals surface area contributed by atoms with Crippen LogP contribution in [0.3, 0.4) is 0 Å². The minimum absolute atomic E-state index is 0.187. The molecule has 0 saturated heterocycles. The Morgan fingerprint density at radius 3 is 2.29 bits per heavy atom. The molecule has 0 fully saturated rings. The zero-order valence-electron chi connectivity index (χ0n) is 12.2. The lowest BCUT2D eigenvalue weighted by Gasteiger charge is -2.25. The monoisotopic (exact) mass is 241 g/mol. The molecular weight excluding hydrogens is 210 g/mol. The molecule has 0 bridgehead atoms. The van der Waals surface area contributed by atoms with E-state index in [1.54, 1.807) is 7.11 Å². The molecule has 0 saturated carbocycles. The third-order valence-electron chi connectivity index (χ3n) is 3.01. The van der Waals surface area contributed by atoms with Crippen LogP contribution in [0, 0.1) is 0 Å². The van der Waals surface area contributed by atoms with Crippen molar-refractivity contribution in [1.82, 2.24) is 5.32 Å². The molecule has 0 amide bonds. The number of nitrogens with one attached hydrogen (secondary N) is 1. The van der Waals surface area contributed by atoms with Crippen LogP contribution in [0.2, 0.25) is 0 Å². The molecule has 0 aliphatic carbocycles. The molecule has 0 aliphatic rings. The minimum Gasteiger partial charge on any atom is -0.370 e. The van der Waals surface area contributed by atoms with Gasteiger partial charge in [-0.25, -0.2) is 0 Å². The SMILES string of the molecule is CCCCCC=CCCCC(C)(C)NCOC. The van der Waals surface area contributed by atoms with Gasteiger partial charge in [0.2, 0.25) is 0 Å². The van der Waals surface area contributed by atoms with Gasteiger partial charge in [-0.15, -0.1) is 0 Å². The van der Waals surface area contributed by atoms with E-state index in [4.69, 9.17) is 4.74 Å². The third-order valence-corrected chi connectivity index (χ3v) is 3.01. The van der Waals surface area contributed by atoms with Gasteiger partial charge in [0.05, 0.1) is 6.73 Å². The largest absolute Gasteiger partial charge is 0.370 e. The van der Waals surface area contributed by atoms with E-state index in [1.165, 1.54) is 44.9 Å². The van der Waals surface area contributed by atoms with E-state index in [1.807, 2.05) is 0 Å². The standard InChI is InChI=1S/C15H31NO/c1-5-6-7-8-9-10-11-12-13-15(2,3)16-14-17-4/h9-10,16H,5-8,11-14H2,1-4H3. The third kappa shape index (κ3) is 11.9. The first-order valence-corrected chi connectivity index (χ1v) is 7.01. The Morgan fingerprint density at radius 1 is 1.06 bits per heavy atom. The fourth-order valence-corrected chi connectivity index (χ4v) is 1.77. The summed E-state index contributed by atoms with van der Waals surface area (Å²) in [6, 6.07) is 0. The molecule has 2 heteroatoms. The molecule has 0 aliphatic heterocycles. The predicted octanol–water partition coefficient (Wildman–Crippen LogP) is 4.27. The van der Waals surface area contributed by atoms with Gasteiger partial charge in [-0.3, -0.25) is 5.32 Å². The van der Waals surface area contributed by atoms with Gasteiger partial charge < -0.3 is 4.74 Å². The molecule has 0 rings (SSSR count). The highest BCUT2D eigenvalue weighted by Crippen LogP contribution is 2.13. The van der Waals surface area contributed by atoms with Crippen molar-refractivity contribution >= 4 is 0 Å². The zero-order chi connectivity index (χ0) is 13.0. The van der Waals surface area contributed by atoms with E-state index in [9.17, 15) is 0 Å². The lowest BCUT2D eigenvalue weighted by molar-refractivity contribution is 0.141. The second-order valence-corrected chi connectivity index (χ2v) is 5.35. The van der Waals surface area contributed by atoms with Gasteiger partial charge in [0.1, 0.15) is 0 Å². The molecule has 0 unspecified atom stereocenters. The van der Waals surface area contributed by atoms with Crippen molar-refractivity contribution in [3.05, 3.63) is 12.2 Å². The van der Waals surface area contributed by atoms with Crippen molar-refractivity contribution in [3.8, 4) is 0 Å². The topological polar surface area (TPSA) is 21.3 Å². The van der Waals surface area contributed by atoms with Gasteiger partial charge in [-0.2, -0.15) is 0 Å². The van der Waals surface area contributed by atoms with Crippen LogP contribution in [0.15, 0.2) is 12.2 Å². The first-order chi connectivity index (χ1) is 8.12. The quantitative estimate of drug-likeness (QED) is 0.331. The Balaban J connectivity index is 3.42. The van der Waals surface area contributed by atoms with Crippen LogP contribution < -0.4 is 5.32 Å². The Hall–Kier alpha value is -0.340. The van der Waals surface area contributed by atoms with Crippen LogP contribution >= 0.6 is 0 Å². The lowest BCUT2D eigenvalue weighted by atomic mass is 9.97. The van der Waals surface area contributed by atoms with Crippen LogP contribution in [0.25, 0.3) is 0 Å². The molecule has 0 atom stereocenters. The molecular formula is C15H31NO. The molecule has 17 heavy (non-hydrogen) atoms. The van der Waals surface area contributed by atoms with Crippen LogP contribution in [0.5, 0.6) is 0 Å². The summed E-state index contributed by atoms with van der Waals surface area (Å²) in [6.45, 7) is 7.35. The van der Waals surface area contributed by atoms with Crippen LogP contribution in [0.4, 0.5) is 0 Å². The van der Waals surface area contributed by atoms with Gasteiger partial charge in [0, 0.05) is 12.6 Å². The van der Waals surface area contributed by atoms with Crippen LogP contribution in [-0.2, 0) is 4.74 Å². The van der Waals surface area contributed by atoms with Gasteiger partial charge in [-0.1, -0.05) is 31.9 Å². The molecule has 0 radical (unpaired) electrons. The van der Waals surface area contributed by atoms with Crippen molar-refractivity contribution < 1.29 is 4.74 Å². The summed E-state index contributed by atoms with van der Waals surface area (Å²) in [5, 5.41) is 3.38. The Labute approximate surface area is 108 Å². The van der Waals surface area contributed by atoms with Gasteiger partial charge >= 0.3 is 0 Å². The number of allylic oxidation sites excluding steroid dienone is 2. The van der Waals surface area contributed by atoms with E-state index in [0.29, 0.717) is 6.73 Å². The Kier molecular flexibility index (Phi) is 10.6. The summed E-state index contributed by atoms with van der Waals surface area (Å²) in [6.07, 6.45) is 13.6. The molecule has 1 N–H and O–H groups in total. The van der Waals surface area contributed by atoms with Crippen molar-refractivity contribution in [2.24, 2.45) is 0 Å². The fraction of sp³-hybridized carbons (Fsp3) is 0.867. The summed E-state index contributed by atoms with van der Waals surface area (Å²) < 4.78 is 5.03. The average molecular weight is 241 g/mol. The Bertz CT molecular complexity index is 187. The van der Waals surface area contributed by atoms with Crippen molar-refractivity contribution in [2.75, 3.05) is 13.8 Å². The number of ether oxygens (including phenoxy) is 1. The molecule has 0 spiro atoms. The summed E-state index contributed by atoms with van der Waals surface area (Å²) in [7, 11) is 1.72. The van der Waals surface area contributed by atoms with E-state index in [0.717, 1.165) is 0 Å². The Morgan fingerprint density at radius 2 is 1.71 bits per heavy atom. The maximum Gasteiger partial charge on any atom is 0.0965 e. The number of unbranched alkanes of at least 4 members (excludes halogenated alkanes) is 4. The molecule has 0 aromatic rings. The second-order valence-electron chi connectivity index (χ2n) is 5.35. The number of hydrogen-bond donors (Lipinski definition) is 1. The maximum absolute atomic E-state index is 5.03. The minimum atomic E-state index is 0.187. The fourth-order valence-electron chi connectivity index (χ4n) is 1.77. The summed E-state index contributed by atoms with van der Waals surface area (Å²) >= 11 is 0. The average Bonchev–Trinajstić information content (AvgIpc) is 2.30. The highest BCUT2D eigenvalue weighted by Gasteiger charge is 2.14. The lowest BCUT2D eigenvalue weighted by Crippen LogP contribution is -2.40.